The van der Waals surface area contributed by atoms with Gasteiger partial charge in [0, 0.05) is 40.2 Å². The van der Waals surface area contributed by atoms with Crippen LogP contribution in [-0.2, 0) is 0 Å². The fraction of sp³-hybridized carbons (Fsp3) is 0.333. The summed E-state index contributed by atoms with van der Waals surface area (Å²) in [4.78, 5) is 12.8. The number of nitrogens with one attached hydrogen (secondary N) is 3. The van der Waals surface area contributed by atoms with Crippen LogP contribution in [0.1, 0.15) is 50.0 Å². The molecular weight excluding hydrogens is 402 g/mol. The molecule has 1 atom stereocenters. The molecule has 8 nitrogen and oxygen atoms in total. The number of H-pyrrole nitrogens is 2. The van der Waals surface area contributed by atoms with Crippen LogP contribution in [0.2, 0.25) is 0 Å². The van der Waals surface area contributed by atoms with Crippen molar-refractivity contribution >= 4 is 21.9 Å². The molecule has 8 heteroatoms. The zero-order valence-electron chi connectivity index (χ0n) is 18.1. The molecule has 5 aromatic rings. The molecule has 1 saturated heterocycles. The van der Waals surface area contributed by atoms with E-state index in [1.54, 1.807) is 0 Å². The Hall–Kier alpha value is -3.52. The molecule has 1 aliphatic rings. The van der Waals surface area contributed by atoms with E-state index < -0.39 is 0 Å². The van der Waals surface area contributed by atoms with E-state index in [1.807, 2.05) is 18.5 Å². The largest absolute Gasteiger partial charge is 0.354 e. The van der Waals surface area contributed by atoms with Gasteiger partial charge < -0.3 is 14.8 Å². The maximum atomic E-state index is 5.64. The van der Waals surface area contributed by atoms with Crippen molar-refractivity contribution in [3.05, 3.63) is 48.1 Å². The SMILES string of the molecule is CC(C)c1c(-c2ccnc3[nH]ncc23)[nH]c2ccc(-c3noc([C@@H]4CCCNC4)n3)cc12. The Morgan fingerprint density at radius 3 is 2.94 bits per heavy atom. The first-order valence-electron chi connectivity index (χ1n) is 11.2. The number of rotatable bonds is 4. The Morgan fingerprint density at radius 1 is 1.16 bits per heavy atom. The third-order valence-electron chi connectivity index (χ3n) is 6.39. The van der Waals surface area contributed by atoms with Crippen LogP contribution in [0.25, 0.3) is 44.6 Å². The lowest BCUT2D eigenvalue weighted by Crippen LogP contribution is -2.28. The number of piperidine rings is 1. The number of hydrogen-bond acceptors (Lipinski definition) is 6. The molecule has 32 heavy (non-hydrogen) atoms. The number of pyridine rings is 1. The van der Waals surface area contributed by atoms with Gasteiger partial charge in [-0.2, -0.15) is 10.1 Å². The van der Waals surface area contributed by atoms with E-state index in [1.165, 1.54) is 10.9 Å². The fourth-order valence-electron chi connectivity index (χ4n) is 4.81. The molecule has 0 amide bonds. The Labute approximate surface area is 184 Å². The minimum absolute atomic E-state index is 0.294. The number of hydrogen-bond donors (Lipinski definition) is 3. The second-order valence-electron chi connectivity index (χ2n) is 8.82. The predicted octanol–water partition coefficient (Wildman–Crippen LogP) is 4.75. The molecule has 5 heterocycles. The maximum Gasteiger partial charge on any atom is 0.231 e. The van der Waals surface area contributed by atoms with Crippen LogP contribution in [0, 0.1) is 0 Å². The van der Waals surface area contributed by atoms with Gasteiger partial charge in [-0.25, -0.2) is 4.98 Å². The number of nitrogens with zero attached hydrogens (tertiary/aromatic N) is 4. The zero-order valence-corrected chi connectivity index (χ0v) is 18.1. The van der Waals surface area contributed by atoms with Crippen molar-refractivity contribution in [2.45, 2.75) is 38.5 Å². The van der Waals surface area contributed by atoms with E-state index >= 15 is 0 Å². The Kier molecular flexibility index (Phi) is 4.53. The van der Waals surface area contributed by atoms with Crippen molar-refractivity contribution < 1.29 is 4.52 Å². The Bertz CT molecular complexity index is 1400. The predicted molar refractivity (Wildman–Crippen MR) is 123 cm³/mol. The minimum Gasteiger partial charge on any atom is -0.354 e. The summed E-state index contributed by atoms with van der Waals surface area (Å²) in [6.07, 6.45) is 5.87. The molecule has 1 aromatic carbocycles. The molecule has 162 valence electrons. The quantitative estimate of drug-likeness (QED) is 0.382. The molecule has 4 aromatic heterocycles. The molecule has 0 bridgehead atoms. The molecule has 0 radical (unpaired) electrons. The summed E-state index contributed by atoms with van der Waals surface area (Å²) in [6, 6.07) is 8.37. The van der Waals surface area contributed by atoms with Crippen molar-refractivity contribution in [1.82, 2.24) is 35.6 Å². The van der Waals surface area contributed by atoms with Crippen LogP contribution >= 0.6 is 0 Å². The molecule has 0 spiro atoms. The van der Waals surface area contributed by atoms with Gasteiger partial charge in [0.25, 0.3) is 0 Å². The van der Waals surface area contributed by atoms with E-state index in [4.69, 9.17) is 9.51 Å². The van der Waals surface area contributed by atoms with Crippen LogP contribution in [0.4, 0.5) is 0 Å². The second kappa shape index (κ2) is 7.56. The van der Waals surface area contributed by atoms with E-state index in [0.29, 0.717) is 17.7 Å². The van der Waals surface area contributed by atoms with Crippen LogP contribution in [0.15, 0.2) is 41.2 Å². The summed E-state index contributed by atoms with van der Waals surface area (Å²) < 4.78 is 5.64. The molecule has 1 fully saturated rings. The zero-order chi connectivity index (χ0) is 21.7. The lowest BCUT2D eigenvalue weighted by molar-refractivity contribution is 0.322. The number of aromatic amines is 2. The van der Waals surface area contributed by atoms with Crippen molar-refractivity contribution in [2.24, 2.45) is 0 Å². The molecule has 0 unspecified atom stereocenters. The van der Waals surface area contributed by atoms with Gasteiger partial charge in [0.1, 0.15) is 0 Å². The van der Waals surface area contributed by atoms with Gasteiger partial charge in [0.15, 0.2) is 5.65 Å². The van der Waals surface area contributed by atoms with Gasteiger partial charge in [-0.15, -0.1) is 0 Å². The van der Waals surface area contributed by atoms with Crippen LogP contribution in [0.5, 0.6) is 0 Å². The molecule has 1 aliphatic heterocycles. The lowest BCUT2D eigenvalue weighted by Gasteiger charge is -2.18. The summed E-state index contributed by atoms with van der Waals surface area (Å²) >= 11 is 0. The average Bonchev–Trinajstić information content (AvgIpc) is 3.56. The summed E-state index contributed by atoms with van der Waals surface area (Å²) in [5.74, 6) is 1.98. The van der Waals surface area contributed by atoms with Crippen LogP contribution in [-0.4, -0.2) is 43.4 Å². The van der Waals surface area contributed by atoms with Crippen molar-refractivity contribution in [1.29, 1.82) is 0 Å². The molecule has 0 saturated carbocycles. The normalized spacial score (nSPS) is 17.0. The first-order valence-corrected chi connectivity index (χ1v) is 11.2. The fourth-order valence-corrected chi connectivity index (χ4v) is 4.81. The number of fused-ring (bicyclic) bond motifs is 2. The van der Waals surface area contributed by atoms with Gasteiger partial charge in [-0.05, 0) is 55.1 Å². The van der Waals surface area contributed by atoms with Crippen LogP contribution in [0.3, 0.4) is 0 Å². The third-order valence-corrected chi connectivity index (χ3v) is 6.39. The number of benzene rings is 1. The van der Waals surface area contributed by atoms with Gasteiger partial charge >= 0.3 is 0 Å². The van der Waals surface area contributed by atoms with Gasteiger partial charge in [0.05, 0.1) is 17.8 Å². The highest BCUT2D eigenvalue weighted by molar-refractivity contribution is 5.99. The monoisotopic (exact) mass is 427 g/mol. The van der Waals surface area contributed by atoms with E-state index in [0.717, 1.165) is 65.2 Å². The van der Waals surface area contributed by atoms with E-state index in [2.05, 4.69) is 62.7 Å². The van der Waals surface area contributed by atoms with Gasteiger partial charge in [-0.1, -0.05) is 19.0 Å². The van der Waals surface area contributed by atoms with E-state index in [9.17, 15) is 0 Å². The molecule has 3 N–H and O–H groups in total. The second-order valence-corrected chi connectivity index (χ2v) is 8.82. The first kappa shape index (κ1) is 19.2. The highest BCUT2D eigenvalue weighted by Gasteiger charge is 2.23. The third kappa shape index (κ3) is 3.10. The standard InChI is InChI=1S/C24H25N7O/c1-13(2)20-17-10-14(22-29-24(32-31-22)15-4-3-8-25-11-15)5-6-19(17)28-21(20)16-7-9-26-23-18(16)12-27-30-23/h5-7,9-10,12-13,15,25,28H,3-4,8,11H2,1-2H3,(H,26,27,30)/t15-/m1/s1. The van der Waals surface area contributed by atoms with Crippen molar-refractivity contribution in [3.63, 3.8) is 0 Å². The number of aromatic nitrogens is 6. The summed E-state index contributed by atoms with van der Waals surface area (Å²) in [5, 5.41) is 17.0. The maximum absolute atomic E-state index is 5.64. The van der Waals surface area contributed by atoms with E-state index in [-0.39, 0.29) is 0 Å². The minimum atomic E-state index is 0.294. The summed E-state index contributed by atoms with van der Waals surface area (Å²) in [5.41, 5.74) is 6.29. The van der Waals surface area contributed by atoms with Crippen molar-refractivity contribution in [3.8, 4) is 22.6 Å². The topological polar surface area (TPSA) is 108 Å². The van der Waals surface area contributed by atoms with Gasteiger partial charge in [0.2, 0.25) is 11.7 Å². The van der Waals surface area contributed by atoms with Gasteiger partial charge in [-0.3, -0.25) is 5.10 Å². The smallest absolute Gasteiger partial charge is 0.231 e. The Morgan fingerprint density at radius 2 is 2.09 bits per heavy atom. The molecule has 6 rings (SSSR count). The first-order chi connectivity index (χ1) is 15.7. The highest BCUT2D eigenvalue weighted by atomic mass is 16.5. The molecular formula is C24H25N7O. The summed E-state index contributed by atoms with van der Waals surface area (Å²) in [7, 11) is 0. The summed E-state index contributed by atoms with van der Waals surface area (Å²) in [6.45, 7) is 6.39. The molecule has 0 aliphatic carbocycles. The lowest BCUT2D eigenvalue weighted by atomic mass is 9.95. The average molecular weight is 428 g/mol. The van der Waals surface area contributed by atoms with Crippen LogP contribution < -0.4 is 5.32 Å². The Balaban J connectivity index is 1.46. The highest BCUT2D eigenvalue weighted by Crippen LogP contribution is 2.39. The van der Waals surface area contributed by atoms with Crippen molar-refractivity contribution in [2.75, 3.05) is 13.1 Å².